The summed E-state index contributed by atoms with van der Waals surface area (Å²) in [7, 11) is -3.17. The molecule has 1 atom stereocenters. The number of anilines is 2. The Balaban J connectivity index is 2.35. The Morgan fingerprint density at radius 1 is 1.55 bits per heavy atom. The molecule has 8 heteroatoms. The molecule has 6 nitrogen and oxygen atoms in total. The summed E-state index contributed by atoms with van der Waals surface area (Å²) in [6.45, 7) is 2.96. The van der Waals surface area contributed by atoms with Crippen LogP contribution in [0, 0.1) is 0 Å². The van der Waals surface area contributed by atoms with Gasteiger partial charge >= 0.3 is 0 Å². The lowest BCUT2D eigenvalue weighted by atomic mass is 10.3. The van der Waals surface area contributed by atoms with E-state index >= 15 is 0 Å². The van der Waals surface area contributed by atoms with Gasteiger partial charge in [-0.1, -0.05) is 0 Å². The molecular formula is C12H19N3O3S2. The van der Waals surface area contributed by atoms with Gasteiger partial charge in [-0.25, -0.2) is 8.42 Å². The first-order chi connectivity index (χ1) is 9.43. The van der Waals surface area contributed by atoms with Crippen LogP contribution in [0.4, 0.5) is 11.5 Å². The lowest BCUT2D eigenvalue weighted by Gasteiger charge is -2.35. The zero-order valence-electron chi connectivity index (χ0n) is 11.6. The van der Waals surface area contributed by atoms with Crippen LogP contribution in [-0.4, -0.2) is 49.7 Å². The van der Waals surface area contributed by atoms with Crippen LogP contribution < -0.4 is 15.4 Å². The predicted octanol–water partition coefficient (Wildman–Crippen LogP) is 0.986. The number of ether oxygens (including phenoxy) is 1. The first kappa shape index (κ1) is 15.2. The van der Waals surface area contributed by atoms with E-state index in [9.17, 15) is 8.42 Å². The van der Waals surface area contributed by atoms with Crippen LogP contribution in [-0.2, 0) is 9.84 Å². The molecule has 2 heterocycles. The Kier molecular flexibility index (Phi) is 4.64. The highest BCUT2D eigenvalue weighted by Crippen LogP contribution is 2.29. The highest BCUT2D eigenvalue weighted by molar-refractivity contribution is 8.01. The fourth-order valence-corrected chi connectivity index (χ4v) is 4.88. The number of aromatic nitrogens is 1. The SMILES string of the molecule is CCOc1nc(N2CCSCC2S(C)(=O)=O)ccc1N. The largest absolute Gasteiger partial charge is 0.476 e. The molecule has 112 valence electrons. The Morgan fingerprint density at radius 2 is 2.30 bits per heavy atom. The average molecular weight is 317 g/mol. The number of pyridine rings is 1. The summed E-state index contributed by atoms with van der Waals surface area (Å²) in [5, 5.41) is -0.549. The number of rotatable bonds is 4. The van der Waals surface area contributed by atoms with Crippen molar-refractivity contribution in [1.29, 1.82) is 0 Å². The Hall–Kier alpha value is -1.15. The van der Waals surface area contributed by atoms with Gasteiger partial charge in [0, 0.05) is 24.3 Å². The topological polar surface area (TPSA) is 85.5 Å². The number of nitrogens with zero attached hydrogens (tertiary/aromatic N) is 2. The van der Waals surface area contributed by atoms with Crippen LogP contribution in [0.3, 0.4) is 0 Å². The van der Waals surface area contributed by atoms with Gasteiger partial charge in [0.1, 0.15) is 11.2 Å². The van der Waals surface area contributed by atoms with Crippen LogP contribution in [0.25, 0.3) is 0 Å². The molecular weight excluding hydrogens is 298 g/mol. The molecule has 1 aromatic heterocycles. The Bertz CT molecular complexity index is 577. The molecule has 1 aromatic rings. The zero-order chi connectivity index (χ0) is 14.8. The van der Waals surface area contributed by atoms with Crippen molar-refractivity contribution in [2.45, 2.75) is 12.3 Å². The summed E-state index contributed by atoms with van der Waals surface area (Å²) in [5.41, 5.74) is 6.25. The minimum absolute atomic E-state index is 0.357. The van der Waals surface area contributed by atoms with Crippen molar-refractivity contribution in [2.24, 2.45) is 0 Å². The molecule has 1 aliphatic heterocycles. The normalized spacial score (nSPS) is 19.9. The van der Waals surface area contributed by atoms with Crippen molar-refractivity contribution >= 4 is 33.1 Å². The minimum Gasteiger partial charge on any atom is -0.476 e. The smallest absolute Gasteiger partial charge is 0.239 e. The summed E-state index contributed by atoms with van der Waals surface area (Å²) in [4.78, 5) is 6.17. The van der Waals surface area contributed by atoms with Crippen molar-refractivity contribution in [1.82, 2.24) is 4.98 Å². The van der Waals surface area contributed by atoms with Crippen LogP contribution in [0.5, 0.6) is 5.88 Å². The summed E-state index contributed by atoms with van der Waals surface area (Å²) < 4.78 is 29.2. The minimum atomic E-state index is -3.17. The molecule has 2 N–H and O–H groups in total. The Labute approximate surface area is 123 Å². The molecule has 1 saturated heterocycles. The quantitative estimate of drug-likeness (QED) is 0.886. The van der Waals surface area contributed by atoms with Gasteiger partial charge in [0.25, 0.3) is 0 Å². The maximum atomic E-state index is 11.9. The van der Waals surface area contributed by atoms with Gasteiger partial charge in [0.15, 0.2) is 9.84 Å². The van der Waals surface area contributed by atoms with E-state index in [0.717, 1.165) is 5.75 Å². The third-order valence-electron chi connectivity index (χ3n) is 3.03. The second-order valence-electron chi connectivity index (χ2n) is 4.55. The molecule has 0 aromatic carbocycles. The number of sulfone groups is 1. The first-order valence-corrected chi connectivity index (χ1v) is 9.47. The molecule has 20 heavy (non-hydrogen) atoms. The number of nitrogen functional groups attached to an aromatic ring is 1. The van der Waals surface area contributed by atoms with Crippen molar-refractivity contribution in [3.05, 3.63) is 12.1 Å². The van der Waals surface area contributed by atoms with E-state index in [4.69, 9.17) is 10.5 Å². The fourth-order valence-electron chi connectivity index (χ4n) is 2.05. The highest BCUT2D eigenvalue weighted by atomic mass is 32.2. The van der Waals surface area contributed by atoms with Gasteiger partial charge in [-0.15, -0.1) is 0 Å². The fraction of sp³-hybridized carbons (Fsp3) is 0.583. The van der Waals surface area contributed by atoms with Gasteiger partial charge in [-0.3, -0.25) is 0 Å². The summed E-state index contributed by atoms with van der Waals surface area (Å²) in [5.74, 6) is 2.38. The van der Waals surface area contributed by atoms with Crippen LogP contribution >= 0.6 is 11.8 Å². The third-order valence-corrected chi connectivity index (χ3v) is 5.67. The summed E-state index contributed by atoms with van der Waals surface area (Å²) in [6, 6.07) is 3.44. The van der Waals surface area contributed by atoms with Crippen molar-refractivity contribution < 1.29 is 13.2 Å². The molecule has 1 aliphatic rings. The van der Waals surface area contributed by atoms with E-state index in [0.29, 0.717) is 36.3 Å². The lowest BCUT2D eigenvalue weighted by molar-refractivity contribution is 0.329. The molecule has 0 aliphatic carbocycles. The first-order valence-electron chi connectivity index (χ1n) is 6.36. The monoisotopic (exact) mass is 317 g/mol. The van der Waals surface area contributed by atoms with Gasteiger partial charge in [0.2, 0.25) is 5.88 Å². The zero-order valence-corrected chi connectivity index (χ0v) is 13.2. The predicted molar refractivity (Wildman–Crippen MR) is 83.1 cm³/mol. The second kappa shape index (κ2) is 6.09. The number of thioether (sulfide) groups is 1. The van der Waals surface area contributed by atoms with Crippen molar-refractivity contribution in [2.75, 3.05) is 41.5 Å². The van der Waals surface area contributed by atoms with Gasteiger partial charge in [-0.2, -0.15) is 16.7 Å². The molecule has 1 unspecified atom stereocenters. The molecule has 0 radical (unpaired) electrons. The molecule has 2 rings (SSSR count). The molecule has 0 bridgehead atoms. The average Bonchev–Trinajstić information content (AvgIpc) is 2.41. The Morgan fingerprint density at radius 3 is 2.95 bits per heavy atom. The third kappa shape index (κ3) is 3.29. The molecule has 0 saturated carbocycles. The maximum Gasteiger partial charge on any atom is 0.239 e. The van der Waals surface area contributed by atoms with Gasteiger partial charge in [0.05, 0.1) is 12.3 Å². The number of nitrogens with two attached hydrogens (primary N) is 1. The van der Waals surface area contributed by atoms with Gasteiger partial charge < -0.3 is 15.4 Å². The molecule has 1 fully saturated rings. The molecule has 0 spiro atoms. The van der Waals surface area contributed by atoms with E-state index in [-0.39, 0.29) is 0 Å². The number of hydrogen-bond donors (Lipinski definition) is 1. The van der Waals surface area contributed by atoms with Crippen LogP contribution in [0.15, 0.2) is 12.1 Å². The van der Waals surface area contributed by atoms with E-state index < -0.39 is 15.2 Å². The van der Waals surface area contributed by atoms with E-state index in [1.807, 2.05) is 11.8 Å². The van der Waals surface area contributed by atoms with E-state index in [1.165, 1.54) is 6.26 Å². The van der Waals surface area contributed by atoms with Crippen molar-refractivity contribution in [3.8, 4) is 5.88 Å². The standard InChI is InChI=1S/C12H19N3O3S2/c1-3-18-12-9(13)4-5-10(14-12)15-6-7-19-8-11(15)20(2,16)17/h4-5,11H,3,6-8,13H2,1-2H3. The van der Waals surface area contributed by atoms with E-state index in [2.05, 4.69) is 4.98 Å². The highest BCUT2D eigenvalue weighted by Gasteiger charge is 2.32. The second-order valence-corrected chi connectivity index (χ2v) is 7.90. The lowest BCUT2D eigenvalue weighted by Crippen LogP contribution is -2.47. The number of hydrogen-bond acceptors (Lipinski definition) is 7. The van der Waals surface area contributed by atoms with E-state index in [1.54, 1.807) is 23.9 Å². The maximum absolute atomic E-state index is 11.9. The summed E-state index contributed by atoms with van der Waals surface area (Å²) in [6.07, 6.45) is 1.26. The van der Waals surface area contributed by atoms with Crippen molar-refractivity contribution in [3.63, 3.8) is 0 Å². The molecule has 0 amide bonds. The van der Waals surface area contributed by atoms with Crippen LogP contribution in [0.1, 0.15) is 6.92 Å². The summed E-state index contributed by atoms with van der Waals surface area (Å²) >= 11 is 1.64. The van der Waals surface area contributed by atoms with Crippen LogP contribution in [0.2, 0.25) is 0 Å². The van der Waals surface area contributed by atoms with Gasteiger partial charge in [-0.05, 0) is 19.1 Å².